The van der Waals surface area contributed by atoms with E-state index in [0.29, 0.717) is 0 Å². The second kappa shape index (κ2) is 8.93. The normalized spacial score (nSPS) is 32.4. The Morgan fingerprint density at radius 3 is 2.68 bits per heavy atom. The summed E-state index contributed by atoms with van der Waals surface area (Å²) in [7, 11) is 1.79. The van der Waals surface area contributed by atoms with Gasteiger partial charge in [-0.2, -0.15) is 0 Å². The smallest absolute Gasteiger partial charge is 0.0462 e. The monoisotopic (exact) mass is 268 g/mol. The van der Waals surface area contributed by atoms with Gasteiger partial charge in [0.2, 0.25) is 0 Å². The molecule has 2 rings (SSSR count). The SMILES string of the molecule is COCCCCNC1CCCCC1C1CCCCN1. The van der Waals surface area contributed by atoms with Crippen molar-refractivity contribution in [1.29, 1.82) is 0 Å². The van der Waals surface area contributed by atoms with Crippen LogP contribution in [0.5, 0.6) is 0 Å². The minimum atomic E-state index is 0.756. The highest BCUT2D eigenvalue weighted by Gasteiger charge is 2.31. The van der Waals surface area contributed by atoms with E-state index in [9.17, 15) is 0 Å². The molecule has 3 unspecified atom stereocenters. The van der Waals surface area contributed by atoms with Crippen LogP contribution in [-0.2, 0) is 4.74 Å². The lowest BCUT2D eigenvalue weighted by atomic mass is 9.77. The Hall–Kier alpha value is -0.120. The summed E-state index contributed by atoms with van der Waals surface area (Å²) < 4.78 is 5.11. The van der Waals surface area contributed by atoms with E-state index in [0.717, 1.165) is 31.2 Å². The number of hydrogen-bond donors (Lipinski definition) is 2. The fourth-order valence-electron chi connectivity index (χ4n) is 3.80. The summed E-state index contributed by atoms with van der Waals surface area (Å²) in [5.41, 5.74) is 0. The fourth-order valence-corrected chi connectivity index (χ4v) is 3.80. The van der Waals surface area contributed by atoms with Crippen LogP contribution in [0, 0.1) is 5.92 Å². The van der Waals surface area contributed by atoms with Gasteiger partial charge in [0.05, 0.1) is 0 Å². The minimum absolute atomic E-state index is 0.756. The topological polar surface area (TPSA) is 33.3 Å². The standard InChI is InChI=1S/C16H32N2O/c1-19-13-7-6-12-18-15-9-3-2-8-14(15)16-10-4-5-11-17-16/h14-18H,2-13H2,1H3. The van der Waals surface area contributed by atoms with Crippen molar-refractivity contribution >= 4 is 0 Å². The molecule has 0 amide bonds. The summed E-state index contributed by atoms with van der Waals surface area (Å²) >= 11 is 0. The van der Waals surface area contributed by atoms with Crippen LogP contribution in [0.3, 0.4) is 0 Å². The first-order valence-electron chi connectivity index (χ1n) is 8.37. The van der Waals surface area contributed by atoms with E-state index in [-0.39, 0.29) is 0 Å². The van der Waals surface area contributed by atoms with E-state index >= 15 is 0 Å². The molecule has 0 aromatic carbocycles. The van der Waals surface area contributed by atoms with Gasteiger partial charge in [-0.3, -0.25) is 0 Å². The molecule has 0 aromatic heterocycles. The van der Waals surface area contributed by atoms with E-state index in [4.69, 9.17) is 4.74 Å². The van der Waals surface area contributed by atoms with Crippen LogP contribution in [0.2, 0.25) is 0 Å². The van der Waals surface area contributed by atoms with Crippen LogP contribution in [-0.4, -0.2) is 38.9 Å². The fraction of sp³-hybridized carbons (Fsp3) is 1.00. The number of piperidine rings is 1. The van der Waals surface area contributed by atoms with Gasteiger partial charge >= 0.3 is 0 Å². The highest BCUT2D eigenvalue weighted by atomic mass is 16.5. The summed E-state index contributed by atoms with van der Waals surface area (Å²) in [6.07, 6.45) is 12.3. The largest absolute Gasteiger partial charge is 0.385 e. The molecule has 2 fully saturated rings. The van der Waals surface area contributed by atoms with Crippen LogP contribution in [0.4, 0.5) is 0 Å². The zero-order valence-electron chi connectivity index (χ0n) is 12.6. The van der Waals surface area contributed by atoms with Crippen LogP contribution in [0.25, 0.3) is 0 Å². The van der Waals surface area contributed by atoms with E-state index in [1.165, 1.54) is 64.3 Å². The molecule has 3 nitrogen and oxygen atoms in total. The summed E-state index contributed by atoms with van der Waals surface area (Å²) in [5.74, 6) is 0.872. The highest BCUT2D eigenvalue weighted by Crippen LogP contribution is 2.30. The molecular formula is C16H32N2O. The molecule has 1 aliphatic heterocycles. The Morgan fingerprint density at radius 1 is 1.05 bits per heavy atom. The Morgan fingerprint density at radius 2 is 1.89 bits per heavy atom. The third-order valence-electron chi connectivity index (χ3n) is 4.87. The van der Waals surface area contributed by atoms with Gasteiger partial charge in [0, 0.05) is 25.8 Å². The van der Waals surface area contributed by atoms with Crippen molar-refractivity contribution in [3.8, 4) is 0 Å². The first-order valence-corrected chi connectivity index (χ1v) is 8.37. The minimum Gasteiger partial charge on any atom is -0.385 e. The van der Waals surface area contributed by atoms with Gasteiger partial charge in [-0.25, -0.2) is 0 Å². The maximum Gasteiger partial charge on any atom is 0.0462 e. The Kier molecular flexibility index (Phi) is 7.18. The molecule has 0 radical (unpaired) electrons. The van der Waals surface area contributed by atoms with Crippen molar-refractivity contribution < 1.29 is 4.74 Å². The Balaban J connectivity index is 1.72. The van der Waals surface area contributed by atoms with Gasteiger partial charge in [0.25, 0.3) is 0 Å². The zero-order valence-corrected chi connectivity index (χ0v) is 12.6. The van der Waals surface area contributed by atoms with Crippen LogP contribution >= 0.6 is 0 Å². The first kappa shape index (κ1) is 15.3. The summed E-state index contributed by atoms with van der Waals surface area (Å²) in [6, 6.07) is 1.54. The zero-order chi connectivity index (χ0) is 13.3. The number of methoxy groups -OCH3 is 1. The molecule has 1 saturated heterocycles. The maximum atomic E-state index is 5.11. The average Bonchev–Trinajstić information content (AvgIpc) is 2.48. The van der Waals surface area contributed by atoms with Crippen LogP contribution in [0.1, 0.15) is 57.8 Å². The molecular weight excluding hydrogens is 236 g/mol. The van der Waals surface area contributed by atoms with Gasteiger partial charge in [-0.15, -0.1) is 0 Å². The molecule has 2 N–H and O–H groups in total. The van der Waals surface area contributed by atoms with Crippen LogP contribution in [0.15, 0.2) is 0 Å². The van der Waals surface area contributed by atoms with Crippen molar-refractivity contribution in [2.75, 3.05) is 26.8 Å². The number of rotatable bonds is 7. The molecule has 2 aliphatic rings. The van der Waals surface area contributed by atoms with Crippen LogP contribution < -0.4 is 10.6 Å². The second-order valence-corrected chi connectivity index (χ2v) is 6.27. The summed E-state index contributed by atoms with van der Waals surface area (Å²) in [6.45, 7) is 3.30. The first-order chi connectivity index (χ1) is 9.42. The van der Waals surface area contributed by atoms with Crippen molar-refractivity contribution in [1.82, 2.24) is 10.6 Å². The number of ether oxygens (including phenoxy) is 1. The quantitative estimate of drug-likeness (QED) is 0.697. The van der Waals surface area contributed by atoms with Crippen molar-refractivity contribution in [3.05, 3.63) is 0 Å². The summed E-state index contributed by atoms with van der Waals surface area (Å²) in [5, 5.41) is 7.60. The molecule has 0 aromatic rings. The molecule has 112 valence electrons. The third-order valence-corrected chi connectivity index (χ3v) is 4.87. The van der Waals surface area contributed by atoms with Gasteiger partial charge < -0.3 is 15.4 Å². The second-order valence-electron chi connectivity index (χ2n) is 6.27. The van der Waals surface area contributed by atoms with E-state index in [2.05, 4.69) is 10.6 Å². The van der Waals surface area contributed by atoms with E-state index in [1.54, 1.807) is 7.11 Å². The lowest BCUT2D eigenvalue weighted by molar-refractivity contribution is 0.175. The predicted octanol–water partition coefficient (Wildman–Crippen LogP) is 2.70. The lowest BCUT2D eigenvalue weighted by Gasteiger charge is -2.40. The Labute approximate surface area is 118 Å². The third kappa shape index (κ3) is 5.05. The number of unbranched alkanes of at least 4 members (excludes halogenated alkanes) is 1. The maximum absolute atomic E-state index is 5.11. The van der Waals surface area contributed by atoms with Gasteiger partial charge in [-0.1, -0.05) is 19.3 Å². The van der Waals surface area contributed by atoms with Gasteiger partial charge in [-0.05, 0) is 57.5 Å². The molecule has 1 saturated carbocycles. The van der Waals surface area contributed by atoms with Gasteiger partial charge in [0.15, 0.2) is 0 Å². The molecule has 1 heterocycles. The van der Waals surface area contributed by atoms with Crippen molar-refractivity contribution in [2.45, 2.75) is 69.9 Å². The number of nitrogens with one attached hydrogen (secondary N) is 2. The van der Waals surface area contributed by atoms with Crippen molar-refractivity contribution in [3.63, 3.8) is 0 Å². The van der Waals surface area contributed by atoms with Gasteiger partial charge in [0.1, 0.15) is 0 Å². The van der Waals surface area contributed by atoms with E-state index in [1.807, 2.05) is 0 Å². The molecule has 1 aliphatic carbocycles. The summed E-state index contributed by atoms with van der Waals surface area (Å²) in [4.78, 5) is 0. The van der Waals surface area contributed by atoms with E-state index < -0.39 is 0 Å². The highest BCUT2D eigenvalue weighted by molar-refractivity contribution is 4.90. The molecule has 19 heavy (non-hydrogen) atoms. The number of hydrogen-bond acceptors (Lipinski definition) is 3. The predicted molar refractivity (Wildman–Crippen MR) is 80.5 cm³/mol. The molecule has 0 bridgehead atoms. The lowest BCUT2D eigenvalue weighted by Crippen LogP contribution is -2.50. The van der Waals surface area contributed by atoms with Crippen molar-refractivity contribution in [2.24, 2.45) is 5.92 Å². The molecule has 3 atom stereocenters. The molecule has 0 spiro atoms. The average molecular weight is 268 g/mol. The Bertz CT molecular complexity index is 229. The molecule has 3 heteroatoms.